The second-order valence-electron chi connectivity index (χ2n) is 4.28. The average molecular weight is 375 g/mol. The third-order valence-corrected chi connectivity index (χ3v) is 4.72. The van der Waals surface area contributed by atoms with Crippen LogP contribution >= 0.6 is 15.9 Å². The largest absolute Gasteiger partial charge is 0.398 e. The Bertz CT molecular complexity index is 766. The summed E-state index contributed by atoms with van der Waals surface area (Å²) in [4.78, 5) is 7.50. The number of nitrogens with two attached hydrogens (primary N) is 1. The fourth-order valence-corrected chi connectivity index (χ4v) is 2.91. The van der Waals surface area contributed by atoms with E-state index >= 15 is 0 Å². The van der Waals surface area contributed by atoms with Crippen molar-refractivity contribution in [3.8, 4) is 0 Å². The molecule has 0 spiro atoms. The van der Waals surface area contributed by atoms with Crippen LogP contribution in [0.15, 0.2) is 33.9 Å². The van der Waals surface area contributed by atoms with Crippen molar-refractivity contribution in [1.29, 1.82) is 0 Å². The Hall–Kier alpha value is -1.58. The molecule has 1 aromatic heterocycles. The normalized spacial score (nSPS) is 11.6. The predicted molar refractivity (Wildman–Crippen MR) is 79.3 cm³/mol. The molecule has 0 radical (unpaired) electrons. The summed E-state index contributed by atoms with van der Waals surface area (Å²) in [5.41, 5.74) is 6.86. The summed E-state index contributed by atoms with van der Waals surface area (Å²) in [6, 6.07) is 2.07. The number of nitrogen functional groups attached to an aromatic ring is 1. The molecule has 112 valence electrons. The van der Waals surface area contributed by atoms with Crippen molar-refractivity contribution in [2.75, 3.05) is 5.73 Å². The van der Waals surface area contributed by atoms with Crippen LogP contribution in [0.1, 0.15) is 11.4 Å². The number of aryl methyl sites for hydroxylation is 1. The predicted octanol–water partition coefficient (Wildman–Crippen LogP) is 1.75. The van der Waals surface area contributed by atoms with Gasteiger partial charge < -0.3 is 5.73 Å². The minimum absolute atomic E-state index is 0.0922. The lowest BCUT2D eigenvalue weighted by atomic mass is 10.3. The van der Waals surface area contributed by atoms with Gasteiger partial charge in [0, 0.05) is 16.4 Å². The first-order valence-corrected chi connectivity index (χ1v) is 8.09. The van der Waals surface area contributed by atoms with Gasteiger partial charge in [-0.05, 0) is 35.0 Å². The van der Waals surface area contributed by atoms with Crippen LogP contribution < -0.4 is 10.5 Å². The van der Waals surface area contributed by atoms with Crippen LogP contribution in [-0.4, -0.2) is 18.4 Å². The highest BCUT2D eigenvalue weighted by Crippen LogP contribution is 2.26. The van der Waals surface area contributed by atoms with Crippen LogP contribution in [0.25, 0.3) is 0 Å². The zero-order chi connectivity index (χ0) is 15.6. The molecule has 0 aliphatic carbocycles. The Morgan fingerprint density at radius 3 is 2.67 bits per heavy atom. The molecule has 6 nitrogen and oxygen atoms in total. The van der Waals surface area contributed by atoms with Gasteiger partial charge in [-0.3, -0.25) is 9.97 Å². The summed E-state index contributed by atoms with van der Waals surface area (Å²) in [6.07, 6.45) is 2.96. The highest BCUT2D eigenvalue weighted by Gasteiger charge is 2.20. The summed E-state index contributed by atoms with van der Waals surface area (Å²) in [5.74, 6) is -0.890. The van der Waals surface area contributed by atoms with Crippen molar-refractivity contribution in [3.63, 3.8) is 0 Å². The lowest BCUT2D eigenvalue weighted by molar-refractivity contribution is 0.556. The SMILES string of the molecule is Cc1cnc(CNS(=O)(=O)c2cc(N)c(Br)cc2F)cn1. The molecule has 0 aliphatic heterocycles. The maximum atomic E-state index is 13.8. The minimum atomic E-state index is -4.03. The van der Waals surface area contributed by atoms with Crippen molar-refractivity contribution in [2.24, 2.45) is 0 Å². The van der Waals surface area contributed by atoms with Gasteiger partial charge in [0.15, 0.2) is 0 Å². The number of anilines is 1. The van der Waals surface area contributed by atoms with E-state index in [0.29, 0.717) is 15.9 Å². The van der Waals surface area contributed by atoms with Crippen LogP contribution in [0.2, 0.25) is 0 Å². The Morgan fingerprint density at radius 2 is 2.05 bits per heavy atom. The van der Waals surface area contributed by atoms with E-state index in [0.717, 1.165) is 12.1 Å². The number of sulfonamides is 1. The number of hydrogen-bond acceptors (Lipinski definition) is 5. The van der Waals surface area contributed by atoms with Crippen LogP contribution in [0.4, 0.5) is 10.1 Å². The Balaban J connectivity index is 2.22. The number of rotatable bonds is 4. The number of benzene rings is 1. The third-order valence-electron chi connectivity index (χ3n) is 2.62. The summed E-state index contributed by atoms with van der Waals surface area (Å²) < 4.78 is 40.5. The summed E-state index contributed by atoms with van der Waals surface area (Å²) in [7, 11) is -4.03. The molecule has 21 heavy (non-hydrogen) atoms. The van der Waals surface area contributed by atoms with Crippen molar-refractivity contribution in [1.82, 2.24) is 14.7 Å². The van der Waals surface area contributed by atoms with Crippen molar-refractivity contribution < 1.29 is 12.8 Å². The van der Waals surface area contributed by atoms with Gasteiger partial charge in [-0.15, -0.1) is 0 Å². The topological polar surface area (TPSA) is 98.0 Å². The zero-order valence-corrected chi connectivity index (χ0v) is 13.4. The van der Waals surface area contributed by atoms with Gasteiger partial charge in [0.05, 0.1) is 24.1 Å². The van der Waals surface area contributed by atoms with Crippen LogP contribution in [0.5, 0.6) is 0 Å². The smallest absolute Gasteiger partial charge is 0.243 e. The lowest BCUT2D eigenvalue weighted by Crippen LogP contribution is -2.25. The molecule has 0 amide bonds. The summed E-state index contributed by atoms with van der Waals surface area (Å²) in [6.45, 7) is 1.67. The molecule has 2 aromatic rings. The van der Waals surface area contributed by atoms with E-state index in [-0.39, 0.29) is 12.2 Å². The molecule has 1 heterocycles. The van der Waals surface area contributed by atoms with Gasteiger partial charge >= 0.3 is 0 Å². The van der Waals surface area contributed by atoms with E-state index in [1.807, 2.05) is 0 Å². The molecule has 0 saturated heterocycles. The molecule has 3 N–H and O–H groups in total. The van der Waals surface area contributed by atoms with Crippen molar-refractivity contribution in [2.45, 2.75) is 18.4 Å². The van der Waals surface area contributed by atoms with Gasteiger partial charge in [-0.2, -0.15) is 0 Å². The first-order valence-electron chi connectivity index (χ1n) is 5.81. The molecule has 0 bridgehead atoms. The van der Waals surface area contributed by atoms with Gasteiger partial charge in [0.1, 0.15) is 10.7 Å². The molecule has 0 atom stereocenters. The second-order valence-corrected chi connectivity index (χ2v) is 6.87. The molecule has 0 fully saturated rings. The van der Waals surface area contributed by atoms with Crippen LogP contribution in [-0.2, 0) is 16.6 Å². The lowest BCUT2D eigenvalue weighted by Gasteiger charge is -2.09. The first kappa shape index (κ1) is 15.8. The van der Waals surface area contributed by atoms with E-state index in [4.69, 9.17) is 5.73 Å². The van der Waals surface area contributed by atoms with E-state index < -0.39 is 20.7 Å². The monoisotopic (exact) mass is 374 g/mol. The molecule has 0 unspecified atom stereocenters. The number of nitrogens with one attached hydrogen (secondary N) is 1. The summed E-state index contributed by atoms with van der Waals surface area (Å²) >= 11 is 3.03. The average Bonchev–Trinajstić information content (AvgIpc) is 2.42. The van der Waals surface area contributed by atoms with Gasteiger partial charge in [0.2, 0.25) is 10.0 Å². The van der Waals surface area contributed by atoms with Gasteiger partial charge in [-0.25, -0.2) is 17.5 Å². The van der Waals surface area contributed by atoms with Crippen molar-refractivity contribution in [3.05, 3.63) is 46.2 Å². The number of nitrogens with zero attached hydrogens (tertiary/aromatic N) is 2. The number of halogens is 2. The zero-order valence-electron chi connectivity index (χ0n) is 11.0. The molecular formula is C12H12BrFN4O2S. The molecule has 9 heteroatoms. The first-order chi connectivity index (χ1) is 9.79. The Labute approximate surface area is 129 Å². The maximum absolute atomic E-state index is 13.8. The Kier molecular flexibility index (Phi) is 4.55. The van der Waals surface area contributed by atoms with Crippen LogP contribution in [0.3, 0.4) is 0 Å². The number of aromatic nitrogens is 2. The minimum Gasteiger partial charge on any atom is -0.398 e. The van der Waals surface area contributed by atoms with Crippen molar-refractivity contribution >= 4 is 31.6 Å². The quantitative estimate of drug-likeness (QED) is 0.794. The van der Waals surface area contributed by atoms with E-state index in [1.54, 1.807) is 6.92 Å². The fraction of sp³-hybridized carbons (Fsp3) is 0.167. The number of hydrogen-bond donors (Lipinski definition) is 2. The fourth-order valence-electron chi connectivity index (χ4n) is 1.51. The molecular weight excluding hydrogens is 363 g/mol. The summed E-state index contributed by atoms with van der Waals surface area (Å²) in [5, 5.41) is 0. The molecule has 0 aliphatic rings. The van der Waals surface area contributed by atoms with Gasteiger partial charge in [0.25, 0.3) is 0 Å². The third kappa shape index (κ3) is 3.74. The van der Waals surface area contributed by atoms with Crippen LogP contribution in [0, 0.1) is 12.7 Å². The maximum Gasteiger partial charge on any atom is 0.243 e. The highest BCUT2D eigenvalue weighted by molar-refractivity contribution is 9.10. The Morgan fingerprint density at radius 1 is 1.33 bits per heavy atom. The van der Waals surface area contributed by atoms with E-state index in [2.05, 4.69) is 30.6 Å². The highest BCUT2D eigenvalue weighted by atomic mass is 79.9. The second kappa shape index (κ2) is 6.04. The standard InChI is InChI=1S/C12H12BrFN4O2S/c1-7-4-17-8(5-16-7)6-18-21(19,20)12-3-11(15)9(13)2-10(12)14/h2-5,18H,6,15H2,1H3. The molecule has 1 aromatic carbocycles. The molecule has 0 saturated carbocycles. The van der Waals surface area contributed by atoms with E-state index in [9.17, 15) is 12.8 Å². The van der Waals surface area contributed by atoms with E-state index in [1.165, 1.54) is 12.4 Å². The van der Waals surface area contributed by atoms with Gasteiger partial charge in [-0.1, -0.05) is 0 Å². The molecule has 2 rings (SSSR count).